The van der Waals surface area contributed by atoms with E-state index in [1.165, 1.54) is 16.8 Å². The molecular formula is C20H32OSi. The monoisotopic (exact) mass is 316 g/mol. The van der Waals surface area contributed by atoms with Gasteiger partial charge in [0.25, 0.3) is 0 Å². The normalized spacial score (nSPS) is 25.5. The molecule has 1 fully saturated rings. The van der Waals surface area contributed by atoms with Crippen LogP contribution in [0.1, 0.15) is 53.0 Å². The van der Waals surface area contributed by atoms with E-state index in [2.05, 4.69) is 78.5 Å². The van der Waals surface area contributed by atoms with Crippen LogP contribution in [-0.4, -0.2) is 21.3 Å². The van der Waals surface area contributed by atoms with Gasteiger partial charge in [-0.1, -0.05) is 77.1 Å². The summed E-state index contributed by atoms with van der Waals surface area (Å²) in [6.45, 7) is 19.1. The predicted molar refractivity (Wildman–Crippen MR) is 99.1 cm³/mol. The van der Waals surface area contributed by atoms with Crippen LogP contribution >= 0.6 is 0 Å². The second-order valence-electron chi connectivity index (χ2n) is 8.81. The van der Waals surface area contributed by atoms with Crippen LogP contribution in [0.5, 0.6) is 0 Å². The van der Waals surface area contributed by atoms with Crippen molar-refractivity contribution in [3.05, 3.63) is 47.7 Å². The van der Waals surface area contributed by atoms with Gasteiger partial charge in [0, 0.05) is 13.0 Å². The number of hydrogen-bond acceptors (Lipinski definition) is 1. The van der Waals surface area contributed by atoms with Crippen LogP contribution in [-0.2, 0) is 4.74 Å². The highest BCUT2D eigenvalue weighted by Gasteiger charge is 2.62. The molecule has 2 rings (SSSR count). The summed E-state index contributed by atoms with van der Waals surface area (Å²) >= 11 is 0. The van der Waals surface area contributed by atoms with E-state index in [0.29, 0.717) is 5.92 Å². The highest BCUT2D eigenvalue weighted by Crippen LogP contribution is 2.64. The first-order chi connectivity index (χ1) is 10.1. The molecule has 0 amide bonds. The molecule has 122 valence electrons. The molecule has 1 aromatic rings. The molecular weight excluding hydrogens is 284 g/mol. The molecule has 0 N–H and O–H groups in total. The molecule has 2 atom stereocenters. The highest BCUT2D eigenvalue weighted by molar-refractivity contribution is 6.92. The van der Waals surface area contributed by atoms with Crippen molar-refractivity contribution >= 4 is 8.07 Å². The Balaban J connectivity index is 2.58. The Morgan fingerprint density at radius 3 is 1.91 bits per heavy atom. The van der Waals surface area contributed by atoms with Gasteiger partial charge in [0.15, 0.2) is 0 Å². The summed E-state index contributed by atoms with van der Waals surface area (Å²) in [6, 6.07) is 12.1. The first kappa shape index (κ1) is 17.5. The van der Waals surface area contributed by atoms with Crippen molar-refractivity contribution in [2.75, 3.05) is 7.11 Å². The zero-order valence-corrected chi connectivity index (χ0v) is 16.4. The molecule has 0 spiro atoms. The van der Waals surface area contributed by atoms with Crippen molar-refractivity contribution in [3.63, 3.8) is 0 Å². The largest absolute Gasteiger partial charge is 0.377 e. The van der Waals surface area contributed by atoms with Gasteiger partial charge in [0.2, 0.25) is 0 Å². The maximum atomic E-state index is 5.97. The molecule has 0 unspecified atom stereocenters. The van der Waals surface area contributed by atoms with E-state index in [0.717, 1.165) is 0 Å². The van der Waals surface area contributed by atoms with Crippen molar-refractivity contribution in [2.45, 2.75) is 69.7 Å². The lowest BCUT2D eigenvalue weighted by molar-refractivity contribution is 0.124. The van der Waals surface area contributed by atoms with Gasteiger partial charge in [-0.3, -0.25) is 0 Å². The second kappa shape index (κ2) is 5.65. The topological polar surface area (TPSA) is 9.23 Å². The molecule has 1 aliphatic heterocycles. The van der Waals surface area contributed by atoms with Crippen LogP contribution in [0.15, 0.2) is 42.1 Å². The summed E-state index contributed by atoms with van der Waals surface area (Å²) in [6.07, 6.45) is 0.160. The quantitative estimate of drug-likeness (QED) is 0.613. The molecule has 2 heteroatoms. The molecule has 0 aliphatic carbocycles. The molecule has 0 bridgehead atoms. The van der Waals surface area contributed by atoms with Gasteiger partial charge in [-0.15, -0.1) is 6.58 Å². The Hall–Kier alpha value is -0.863. The number of ether oxygens (including phenoxy) is 1. The summed E-state index contributed by atoms with van der Waals surface area (Å²) < 4.78 is 5.97. The third-order valence-corrected chi connectivity index (χ3v) is 13.4. The molecule has 1 aromatic carbocycles. The average molecular weight is 317 g/mol. The molecule has 1 nitrogen and oxygen atoms in total. The van der Waals surface area contributed by atoms with Crippen LogP contribution in [0.4, 0.5) is 0 Å². The SMILES string of the molecule is C=C1[C@@H](OC)[C@H](c2ccccc2)C[Si]1(C(C)(C)C)C(C)(C)C. The van der Waals surface area contributed by atoms with Crippen molar-refractivity contribution in [3.8, 4) is 0 Å². The van der Waals surface area contributed by atoms with Gasteiger partial charge < -0.3 is 4.74 Å². The lowest BCUT2D eigenvalue weighted by Crippen LogP contribution is -2.52. The van der Waals surface area contributed by atoms with Gasteiger partial charge in [0.05, 0.1) is 14.2 Å². The Bertz CT molecular complexity index is 519. The molecule has 1 saturated heterocycles. The Kier molecular flexibility index (Phi) is 4.49. The molecule has 0 radical (unpaired) electrons. The number of methoxy groups -OCH3 is 1. The van der Waals surface area contributed by atoms with Crippen molar-refractivity contribution in [1.29, 1.82) is 0 Å². The van der Waals surface area contributed by atoms with Gasteiger partial charge in [-0.25, -0.2) is 0 Å². The summed E-state index contributed by atoms with van der Waals surface area (Å²) in [4.78, 5) is 0. The number of benzene rings is 1. The van der Waals surface area contributed by atoms with E-state index >= 15 is 0 Å². The van der Waals surface area contributed by atoms with Crippen LogP contribution < -0.4 is 0 Å². The van der Waals surface area contributed by atoms with Crippen molar-refractivity contribution < 1.29 is 4.74 Å². The zero-order valence-electron chi connectivity index (χ0n) is 15.4. The number of hydrogen-bond donors (Lipinski definition) is 0. The van der Waals surface area contributed by atoms with Crippen LogP contribution in [0.3, 0.4) is 0 Å². The minimum Gasteiger partial charge on any atom is -0.377 e. The maximum Gasteiger partial charge on any atom is 0.0954 e. The minimum atomic E-state index is -1.79. The average Bonchev–Trinajstić information content (AvgIpc) is 2.72. The fourth-order valence-electron chi connectivity index (χ4n) is 5.05. The third kappa shape index (κ3) is 2.50. The molecule has 0 aromatic heterocycles. The van der Waals surface area contributed by atoms with Crippen LogP contribution in [0, 0.1) is 0 Å². The zero-order chi connectivity index (χ0) is 16.8. The fourth-order valence-corrected chi connectivity index (χ4v) is 12.6. The standard InChI is InChI=1S/C20H32OSi/c1-15-18(21-8)17(16-12-10-9-11-13-16)14-22(15,19(2,3)4)20(5,6)7/h9-13,17-18H,1,14H2,2-8H3/t17-,18+/m0/s1. The Labute approximate surface area is 137 Å². The summed E-state index contributed by atoms with van der Waals surface area (Å²) in [7, 11) is 0.0605. The van der Waals surface area contributed by atoms with E-state index in [-0.39, 0.29) is 16.2 Å². The minimum absolute atomic E-state index is 0.160. The van der Waals surface area contributed by atoms with E-state index < -0.39 is 8.07 Å². The van der Waals surface area contributed by atoms with Gasteiger partial charge >= 0.3 is 0 Å². The molecule has 1 aliphatic rings. The maximum absolute atomic E-state index is 5.97. The van der Waals surface area contributed by atoms with Gasteiger partial charge in [-0.2, -0.15) is 0 Å². The lowest BCUT2D eigenvalue weighted by atomic mass is 9.95. The van der Waals surface area contributed by atoms with Crippen molar-refractivity contribution in [2.24, 2.45) is 0 Å². The van der Waals surface area contributed by atoms with Crippen LogP contribution in [0.2, 0.25) is 16.1 Å². The summed E-state index contributed by atoms with van der Waals surface area (Å²) in [5.74, 6) is 0.448. The molecule has 1 heterocycles. The van der Waals surface area contributed by atoms with Crippen LogP contribution in [0.25, 0.3) is 0 Å². The second-order valence-corrected chi connectivity index (χ2v) is 14.7. The van der Waals surface area contributed by atoms with E-state index in [9.17, 15) is 0 Å². The first-order valence-corrected chi connectivity index (χ1v) is 10.5. The number of rotatable bonds is 2. The van der Waals surface area contributed by atoms with E-state index in [4.69, 9.17) is 4.74 Å². The van der Waals surface area contributed by atoms with Crippen molar-refractivity contribution in [1.82, 2.24) is 0 Å². The highest BCUT2D eigenvalue weighted by atomic mass is 28.3. The van der Waals surface area contributed by atoms with E-state index in [1.807, 2.05) is 7.11 Å². The summed E-state index contributed by atoms with van der Waals surface area (Å²) in [5, 5.41) is 1.97. The fraction of sp³-hybridized carbons (Fsp3) is 0.600. The third-order valence-electron chi connectivity index (χ3n) is 5.83. The molecule has 22 heavy (non-hydrogen) atoms. The Morgan fingerprint density at radius 1 is 1.00 bits per heavy atom. The molecule has 0 saturated carbocycles. The van der Waals surface area contributed by atoms with E-state index in [1.54, 1.807) is 0 Å². The predicted octanol–water partition coefficient (Wildman–Crippen LogP) is 5.94. The Morgan fingerprint density at radius 2 is 1.50 bits per heavy atom. The van der Waals surface area contributed by atoms with Gasteiger partial charge in [-0.05, 0) is 21.7 Å². The lowest BCUT2D eigenvalue weighted by Gasteiger charge is -2.51. The summed E-state index contributed by atoms with van der Waals surface area (Å²) in [5.41, 5.74) is 1.40. The van der Waals surface area contributed by atoms with Gasteiger partial charge in [0.1, 0.15) is 0 Å². The smallest absolute Gasteiger partial charge is 0.0954 e. The first-order valence-electron chi connectivity index (χ1n) is 8.33.